The minimum Gasteiger partial charge on any atom is -0.497 e. The number of ether oxygens (including phenoxy) is 1. The number of hydrogen-bond donors (Lipinski definition) is 0. The molecule has 0 aliphatic carbocycles. The first-order chi connectivity index (χ1) is 10.2. The quantitative estimate of drug-likeness (QED) is 0.675. The number of pyridine rings is 1. The van der Waals surface area contributed by atoms with E-state index in [1.165, 1.54) is 15.0 Å². The molecule has 0 aliphatic rings. The first kappa shape index (κ1) is 13.8. The molecular formula is C17H15NO2S. The van der Waals surface area contributed by atoms with Gasteiger partial charge in [0.2, 0.25) is 0 Å². The summed E-state index contributed by atoms with van der Waals surface area (Å²) < 4.78 is 6.48. The molecule has 3 aromatic rings. The molecule has 0 saturated heterocycles. The molecule has 0 saturated carbocycles. The standard InChI is InChI=1S/C17H15NO2S/c1-11(15-5-6-18-9-13(15)10-19)17-8-12-7-14(20-2)3-4-16(12)21-17/h3-11H,1-2H3. The fourth-order valence-corrected chi connectivity index (χ4v) is 3.56. The summed E-state index contributed by atoms with van der Waals surface area (Å²) in [5.74, 6) is 1.02. The summed E-state index contributed by atoms with van der Waals surface area (Å²) in [6.45, 7) is 2.12. The third-order valence-corrected chi connectivity index (χ3v) is 4.95. The fraction of sp³-hybridized carbons (Fsp3) is 0.176. The van der Waals surface area contributed by atoms with Crippen molar-refractivity contribution in [3.8, 4) is 5.75 Å². The average molecular weight is 297 g/mol. The molecule has 3 rings (SSSR count). The van der Waals surface area contributed by atoms with Crippen LogP contribution in [0.25, 0.3) is 10.1 Å². The van der Waals surface area contributed by atoms with E-state index < -0.39 is 0 Å². The number of rotatable bonds is 4. The van der Waals surface area contributed by atoms with Gasteiger partial charge in [-0.25, -0.2) is 0 Å². The normalized spacial score (nSPS) is 12.3. The van der Waals surface area contributed by atoms with Crippen molar-refractivity contribution in [2.75, 3.05) is 7.11 Å². The van der Waals surface area contributed by atoms with E-state index in [9.17, 15) is 4.79 Å². The van der Waals surface area contributed by atoms with E-state index in [-0.39, 0.29) is 5.92 Å². The summed E-state index contributed by atoms with van der Waals surface area (Å²) >= 11 is 1.75. The second-order valence-electron chi connectivity index (χ2n) is 4.90. The van der Waals surface area contributed by atoms with Gasteiger partial charge in [-0.15, -0.1) is 11.3 Å². The zero-order valence-electron chi connectivity index (χ0n) is 11.9. The Morgan fingerprint density at radius 1 is 1.29 bits per heavy atom. The summed E-state index contributed by atoms with van der Waals surface area (Å²) in [7, 11) is 1.67. The van der Waals surface area contributed by atoms with Crippen LogP contribution >= 0.6 is 11.3 Å². The second-order valence-corrected chi connectivity index (χ2v) is 6.01. The van der Waals surface area contributed by atoms with Crippen LogP contribution in [-0.4, -0.2) is 18.4 Å². The molecule has 0 amide bonds. The maximum Gasteiger partial charge on any atom is 0.151 e. The molecule has 2 aromatic heterocycles. The molecule has 3 nitrogen and oxygen atoms in total. The van der Waals surface area contributed by atoms with Crippen LogP contribution in [0, 0.1) is 0 Å². The highest BCUT2D eigenvalue weighted by Gasteiger charge is 2.15. The van der Waals surface area contributed by atoms with Crippen LogP contribution in [0.2, 0.25) is 0 Å². The highest BCUT2D eigenvalue weighted by molar-refractivity contribution is 7.19. The maximum absolute atomic E-state index is 11.2. The van der Waals surface area contributed by atoms with E-state index in [0.717, 1.165) is 17.6 Å². The Balaban J connectivity index is 2.05. The number of carbonyl (C=O) groups excluding carboxylic acids is 1. The first-order valence-corrected chi connectivity index (χ1v) is 7.51. The molecule has 1 aromatic carbocycles. The van der Waals surface area contributed by atoms with Crippen LogP contribution in [0.3, 0.4) is 0 Å². The Morgan fingerprint density at radius 3 is 2.90 bits per heavy atom. The Labute approximate surface area is 127 Å². The molecule has 2 heterocycles. The number of fused-ring (bicyclic) bond motifs is 1. The summed E-state index contributed by atoms with van der Waals surface area (Å²) in [5, 5.41) is 1.17. The summed E-state index contributed by atoms with van der Waals surface area (Å²) in [5.41, 5.74) is 1.67. The number of nitrogens with zero attached hydrogens (tertiary/aromatic N) is 1. The lowest BCUT2D eigenvalue weighted by Gasteiger charge is -2.11. The molecule has 0 bridgehead atoms. The summed E-state index contributed by atoms with van der Waals surface area (Å²) in [6.07, 6.45) is 4.22. The smallest absolute Gasteiger partial charge is 0.151 e. The van der Waals surface area contributed by atoms with Gasteiger partial charge in [-0.3, -0.25) is 9.78 Å². The van der Waals surface area contributed by atoms with E-state index in [2.05, 4.69) is 24.0 Å². The minimum atomic E-state index is 0.164. The SMILES string of the molecule is COc1ccc2sc(C(C)c3ccncc3C=O)cc2c1. The van der Waals surface area contributed by atoms with Crippen molar-refractivity contribution in [3.63, 3.8) is 0 Å². The lowest BCUT2D eigenvalue weighted by molar-refractivity contribution is 0.112. The number of thiophene rings is 1. The van der Waals surface area contributed by atoms with Crippen LogP contribution in [0.1, 0.15) is 33.6 Å². The number of aldehydes is 1. The summed E-state index contributed by atoms with van der Waals surface area (Å²) in [4.78, 5) is 16.4. The van der Waals surface area contributed by atoms with E-state index in [1.807, 2.05) is 18.2 Å². The van der Waals surface area contributed by atoms with Gasteiger partial charge in [-0.05, 0) is 41.3 Å². The van der Waals surface area contributed by atoms with Gasteiger partial charge in [0.25, 0.3) is 0 Å². The third kappa shape index (κ3) is 2.54. The van der Waals surface area contributed by atoms with Crippen molar-refractivity contribution in [2.24, 2.45) is 0 Å². The first-order valence-electron chi connectivity index (χ1n) is 6.69. The molecular weight excluding hydrogens is 282 g/mol. The van der Waals surface area contributed by atoms with Crippen molar-refractivity contribution in [1.29, 1.82) is 0 Å². The van der Waals surface area contributed by atoms with Gasteiger partial charge in [0.05, 0.1) is 7.11 Å². The van der Waals surface area contributed by atoms with E-state index >= 15 is 0 Å². The lowest BCUT2D eigenvalue weighted by Crippen LogP contribution is -1.99. The van der Waals surface area contributed by atoms with E-state index in [0.29, 0.717) is 5.56 Å². The van der Waals surface area contributed by atoms with Gasteiger partial charge in [0, 0.05) is 33.5 Å². The number of methoxy groups -OCH3 is 1. The molecule has 106 valence electrons. The van der Waals surface area contributed by atoms with Crippen LogP contribution in [0.15, 0.2) is 42.7 Å². The zero-order valence-corrected chi connectivity index (χ0v) is 12.7. The topological polar surface area (TPSA) is 39.2 Å². The minimum absolute atomic E-state index is 0.164. The van der Waals surface area contributed by atoms with Gasteiger partial charge in [-0.2, -0.15) is 0 Å². The third-order valence-electron chi connectivity index (χ3n) is 3.65. The van der Waals surface area contributed by atoms with Crippen molar-refractivity contribution in [2.45, 2.75) is 12.8 Å². The molecule has 0 fully saturated rings. The number of benzene rings is 1. The van der Waals surface area contributed by atoms with E-state index in [1.54, 1.807) is 30.8 Å². The van der Waals surface area contributed by atoms with Gasteiger partial charge >= 0.3 is 0 Å². The molecule has 0 spiro atoms. The average Bonchev–Trinajstić information content (AvgIpc) is 2.96. The molecule has 1 unspecified atom stereocenters. The van der Waals surface area contributed by atoms with Crippen LogP contribution < -0.4 is 4.74 Å². The van der Waals surface area contributed by atoms with Gasteiger partial charge in [0.15, 0.2) is 6.29 Å². The highest BCUT2D eigenvalue weighted by atomic mass is 32.1. The van der Waals surface area contributed by atoms with Crippen LogP contribution in [-0.2, 0) is 0 Å². The largest absolute Gasteiger partial charge is 0.497 e. The van der Waals surface area contributed by atoms with Gasteiger partial charge in [0.1, 0.15) is 5.75 Å². The molecule has 21 heavy (non-hydrogen) atoms. The lowest BCUT2D eigenvalue weighted by atomic mass is 9.96. The Bertz CT molecular complexity index is 794. The molecule has 1 atom stereocenters. The van der Waals surface area contributed by atoms with Gasteiger partial charge < -0.3 is 4.74 Å². The molecule has 0 N–H and O–H groups in total. The predicted octanol–water partition coefficient (Wildman–Crippen LogP) is 4.27. The Morgan fingerprint density at radius 2 is 2.14 bits per heavy atom. The van der Waals surface area contributed by atoms with Crippen molar-refractivity contribution in [3.05, 3.63) is 58.7 Å². The zero-order chi connectivity index (χ0) is 14.8. The number of carbonyl (C=O) groups is 1. The second kappa shape index (κ2) is 5.66. The predicted molar refractivity (Wildman–Crippen MR) is 85.5 cm³/mol. The van der Waals surface area contributed by atoms with Crippen molar-refractivity contribution >= 4 is 27.7 Å². The highest BCUT2D eigenvalue weighted by Crippen LogP contribution is 2.36. The maximum atomic E-state index is 11.2. The van der Waals surface area contributed by atoms with Crippen molar-refractivity contribution in [1.82, 2.24) is 4.98 Å². The van der Waals surface area contributed by atoms with Crippen LogP contribution in [0.5, 0.6) is 5.75 Å². The fourth-order valence-electron chi connectivity index (χ4n) is 2.45. The number of hydrogen-bond acceptors (Lipinski definition) is 4. The Hall–Kier alpha value is -2.20. The number of aromatic nitrogens is 1. The van der Waals surface area contributed by atoms with Crippen molar-refractivity contribution < 1.29 is 9.53 Å². The Kier molecular flexibility index (Phi) is 3.71. The van der Waals surface area contributed by atoms with Gasteiger partial charge in [-0.1, -0.05) is 6.92 Å². The molecule has 4 heteroatoms. The summed E-state index contributed by atoms with van der Waals surface area (Å²) in [6, 6.07) is 10.2. The molecule has 0 radical (unpaired) electrons. The molecule has 0 aliphatic heterocycles. The van der Waals surface area contributed by atoms with E-state index in [4.69, 9.17) is 4.74 Å². The monoisotopic (exact) mass is 297 g/mol. The van der Waals surface area contributed by atoms with Crippen LogP contribution in [0.4, 0.5) is 0 Å².